The Balaban J connectivity index is 1.35. The first-order valence-corrected chi connectivity index (χ1v) is 13.7. The molecule has 212 valence electrons. The van der Waals surface area contributed by atoms with Crippen LogP contribution in [0.15, 0.2) is 102 Å². The lowest BCUT2D eigenvalue weighted by atomic mass is 9.47. The van der Waals surface area contributed by atoms with Gasteiger partial charge in [-0.2, -0.15) is 5.10 Å². The molecule has 1 saturated heterocycles. The SMILES string of the molecule is O=C(N/N=C\C12c3ccccc3C(c3ccccc31)[C@@H]1C(=O)N(Cc3ccccc3)C(=O)[C@@H]12)c1cc([N+](=O)[O-])ccc1O. The van der Waals surface area contributed by atoms with E-state index in [1.807, 2.05) is 78.9 Å². The number of nitrogens with one attached hydrogen (secondary N) is 1. The van der Waals surface area contributed by atoms with Crippen LogP contribution in [0.5, 0.6) is 5.75 Å². The highest BCUT2D eigenvalue weighted by atomic mass is 16.6. The minimum atomic E-state index is -1.19. The predicted molar refractivity (Wildman–Crippen MR) is 155 cm³/mol. The molecule has 3 aliphatic carbocycles. The summed E-state index contributed by atoms with van der Waals surface area (Å²) in [5, 5.41) is 25.7. The number of nitro groups is 1. The summed E-state index contributed by atoms with van der Waals surface area (Å²) >= 11 is 0. The average Bonchev–Trinajstić information content (AvgIpc) is 3.27. The first-order chi connectivity index (χ1) is 20.8. The zero-order valence-corrected chi connectivity index (χ0v) is 22.6. The van der Waals surface area contributed by atoms with E-state index in [2.05, 4.69) is 10.5 Å². The van der Waals surface area contributed by atoms with Crippen LogP contribution in [0.1, 0.15) is 44.1 Å². The van der Waals surface area contributed by atoms with E-state index in [1.165, 1.54) is 11.1 Å². The number of hydrogen-bond acceptors (Lipinski definition) is 7. The van der Waals surface area contributed by atoms with Gasteiger partial charge in [0.2, 0.25) is 11.8 Å². The van der Waals surface area contributed by atoms with Gasteiger partial charge in [0.1, 0.15) is 5.75 Å². The minimum Gasteiger partial charge on any atom is -0.507 e. The van der Waals surface area contributed by atoms with Crippen LogP contribution in [0.2, 0.25) is 0 Å². The van der Waals surface area contributed by atoms with Crippen molar-refractivity contribution in [3.8, 4) is 5.75 Å². The second-order valence-corrected chi connectivity index (χ2v) is 10.9. The van der Waals surface area contributed by atoms with E-state index in [1.54, 1.807) is 0 Å². The Bertz CT molecular complexity index is 1820. The Morgan fingerprint density at radius 2 is 1.56 bits per heavy atom. The number of imide groups is 1. The fraction of sp³-hybridized carbons (Fsp3) is 0.152. The van der Waals surface area contributed by atoms with E-state index >= 15 is 0 Å². The Labute approximate surface area is 245 Å². The first-order valence-electron chi connectivity index (χ1n) is 13.7. The van der Waals surface area contributed by atoms with E-state index < -0.39 is 33.8 Å². The zero-order chi connectivity index (χ0) is 29.9. The summed E-state index contributed by atoms with van der Waals surface area (Å²) in [6.45, 7) is 0.140. The molecule has 0 radical (unpaired) electrons. The molecular weight excluding hydrogens is 548 g/mol. The van der Waals surface area contributed by atoms with Crippen LogP contribution in [-0.4, -0.2) is 38.9 Å². The molecule has 2 N–H and O–H groups in total. The lowest BCUT2D eigenvalue weighted by molar-refractivity contribution is -0.384. The predicted octanol–water partition coefficient (Wildman–Crippen LogP) is 4.26. The molecule has 4 aliphatic rings. The molecule has 1 heterocycles. The summed E-state index contributed by atoms with van der Waals surface area (Å²) < 4.78 is 0. The van der Waals surface area contributed by atoms with E-state index in [0.717, 1.165) is 46.0 Å². The molecule has 8 rings (SSSR count). The summed E-state index contributed by atoms with van der Waals surface area (Å²) in [6.07, 6.45) is 1.50. The average molecular weight is 573 g/mol. The highest BCUT2D eigenvalue weighted by Crippen LogP contribution is 2.63. The van der Waals surface area contributed by atoms with Gasteiger partial charge >= 0.3 is 0 Å². The number of non-ortho nitro benzene ring substituents is 1. The van der Waals surface area contributed by atoms with Gasteiger partial charge in [0, 0.05) is 24.3 Å². The molecule has 1 fully saturated rings. The first kappa shape index (κ1) is 26.3. The van der Waals surface area contributed by atoms with Crippen molar-refractivity contribution in [2.45, 2.75) is 17.9 Å². The third-order valence-electron chi connectivity index (χ3n) is 8.83. The normalized spacial score (nSPS) is 23.2. The lowest BCUT2D eigenvalue weighted by Crippen LogP contribution is -2.54. The minimum absolute atomic E-state index is 0.140. The van der Waals surface area contributed by atoms with Crippen molar-refractivity contribution < 1.29 is 24.4 Å². The molecule has 0 aromatic heterocycles. The van der Waals surface area contributed by atoms with E-state index in [4.69, 9.17) is 0 Å². The Kier molecular flexibility index (Phi) is 5.94. The molecule has 43 heavy (non-hydrogen) atoms. The number of rotatable bonds is 6. The number of carbonyl (C=O) groups excluding carboxylic acids is 3. The fourth-order valence-electron chi connectivity index (χ4n) is 7.10. The lowest BCUT2D eigenvalue weighted by Gasteiger charge is -2.52. The van der Waals surface area contributed by atoms with Crippen molar-refractivity contribution in [3.63, 3.8) is 0 Å². The van der Waals surface area contributed by atoms with E-state index in [9.17, 15) is 29.6 Å². The second kappa shape index (κ2) is 9.73. The number of hydrogen-bond donors (Lipinski definition) is 2. The molecule has 0 spiro atoms. The topological polar surface area (TPSA) is 142 Å². The van der Waals surface area contributed by atoms with Crippen LogP contribution in [0, 0.1) is 22.0 Å². The Hall–Kier alpha value is -5.64. The summed E-state index contributed by atoms with van der Waals surface area (Å²) in [7, 11) is 0. The van der Waals surface area contributed by atoms with Crippen molar-refractivity contribution in [2.24, 2.45) is 16.9 Å². The molecule has 10 heteroatoms. The zero-order valence-electron chi connectivity index (χ0n) is 22.6. The second-order valence-electron chi connectivity index (χ2n) is 10.9. The Morgan fingerprint density at radius 3 is 2.21 bits per heavy atom. The van der Waals surface area contributed by atoms with Gasteiger partial charge in [0.25, 0.3) is 11.6 Å². The monoisotopic (exact) mass is 572 g/mol. The van der Waals surface area contributed by atoms with Crippen LogP contribution in [-0.2, 0) is 21.5 Å². The molecule has 2 atom stereocenters. The van der Waals surface area contributed by atoms with Crippen LogP contribution < -0.4 is 5.43 Å². The third kappa shape index (κ3) is 3.79. The number of phenols is 1. The highest BCUT2D eigenvalue weighted by Gasteiger charge is 2.67. The largest absolute Gasteiger partial charge is 0.507 e. The molecule has 0 saturated carbocycles. The number of benzene rings is 4. The standard InChI is InChI=1S/C33H24N4O6/c38-26-15-14-20(37(42)43)16-23(26)30(39)35-34-18-33-24-12-6-4-10-21(24)27(22-11-5-7-13-25(22)33)28-29(33)32(41)36(31(28)40)17-19-8-2-1-3-9-19/h1-16,18,27-29,38H,17H2,(H,35,39)/b34-18-/t27?,28-,29+,33?/m0/s1. The van der Waals surface area contributed by atoms with Gasteiger partial charge in [0.15, 0.2) is 0 Å². The summed E-state index contributed by atoms with van der Waals surface area (Å²) in [6, 6.07) is 27.8. The van der Waals surface area contributed by atoms with Crippen LogP contribution in [0.25, 0.3) is 0 Å². The van der Waals surface area contributed by atoms with Crippen molar-refractivity contribution in [2.75, 3.05) is 0 Å². The number of hydrazone groups is 1. The van der Waals surface area contributed by atoms with Gasteiger partial charge < -0.3 is 5.11 Å². The van der Waals surface area contributed by atoms with E-state index in [0.29, 0.717) is 0 Å². The maximum atomic E-state index is 14.3. The van der Waals surface area contributed by atoms with Gasteiger partial charge in [-0.3, -0.25) is 29.4 Å². The van der Waals surface area contributed by atoms with Crippen molar-refractivity contribution >= 4 is 29.6 Å². The van der Waals surface area contributed by atoms with Crippen molar-refractivity contribution in [1.29, 1.82) is 0 Å². The smallest absolute Gasteiger partial charge is 0.275 e. The summed E-state index contributed by atoms with van der Waals surface area (Å²) in [5.74, 6) is -3.71. The molecule has 10 nitrogen and oxygen atoms in total. The molecule has 3 amide bonds. The number of phenolic OH excluding ortho intramolecular Hbond substituents is 1. The Morgan fingerprint density at radius 1 is 0.930 bits per heavy atom. The van der Waals surface area contributed by atoms with Crippen LogP contribution in [0.4, 0.5) is 5.69 Å². The van der Waals surface area contributed by atoms with Crippen molar-refractivity contribution in [1.82, 2.24) is 10.3 Å². The molecular formula is C33H24N4O6. The summed E-state index contributed by atoms with van der Waals surface area (Å²) in [4.78, 5) is 53.3. The number of amides is 3. The highest BCUT2D eigenvalue weighted by molar-refractivity contribution is 6.11. The van der Waals surface area contributed by atoms with Gasteiger partial charge in [-0.15, -0.1) is 0 Å². The fourth-order valence-corrected chi connectivity index (χ4v) is 7.10. The molecule has 0 unspecified atom stereocenters. The molecule has 1 aliphatic heterocycles. The number of nitrogens with zero attached hydrogens (tertiary/aromatic N) is 3. The van der Waals surface area contributed by atoms with Crippen LogP contribution in [0.3, 0.4) is 0 Å². The number of aromatic hydroxyl groups is 1. The quantitative estimate of drug-likeness (QED) is 0.153. The number of nitro benzene ring substituents is 1. The third-order valence-corrected chi connectivity index (χ3v) is 8.83. The van der Waals surface area contributed by atoms with E-state index in [-0.39, 0.29) is 35.5 Å². The number of likely N-dealkylation sites (tertiary alicyclic amines) is 1. The maximum absolute atomic E-state index is 14.3. The molecule has 2 bridgehead atoms. The van der Waals surface area contributed by atoms with Crippen molar-refractivity contribution in [3.05, 3.63) is 141 Å². The number of carbonyl (C=O) groups is 3. The maximum Gasteiger partial charge on any atom is 0.275 e. The molecule has 4 aromatic rings. The van der Waals surface area contributed by atoms with Gasteiger partial charge in [-0.1, -0.05) is 78.9 Å². The molecule has 4 aromatic carbocycles. The van der Waals surface area contributed by atoms with Crippen LogP contribution >= 0.6 is 0 Å². The van der Waals surface area contributed by atoms with Gasteiger partial charge in [-0.25, -0.2) is 5.43 Å². The van der Waals surface area contributed by atoms with Gasteiger partial charge in [-0.05, 0) is 33.9 Å². The summed E-state index contributed by atoms with van der Waals surface area (Å²) in [5.41, 5.74) is 4.81. The van der Waals surface area contributed by atoms with Gasteiger partial charge in [0.05, 0.1) is 34.3 Å².